The third-order valence-electron chi connectivity index (χ3n) is 2.48. The van der Waals surface area contributed by atoms with Gasteiger partial charge in [0.1, 0.15) is 11.5 Å². The molecule has 1 aromatic carbocycles. The Morgan fingerprint density at radius 2 is 2.00 bits per heavy atom. The maximum absolute atomic E-state index is 11.3. The topological polar surface area (TPSA) is 39.4 Å². The molecule has 0 bridgehead atoms. The average molecular weight is 242 g/mol. The van der Waals surface area contributed by atoms with E-state index >= 15 is 0 Å². The zero-order valence-corrected chi connectivity index (χ0v) is 10.3. The fourth-order valence-corrected chi connectivity index (χ4v) is 1.63. The van der Waals surface area contributed by atoms with E-state index in [1.165, 1.54) is 18.7 Å². The molecule has 3 heteroatoms. The monoisotopic (exact) mass is 242 g/mol. The Morgan fingerprint density at radius 1 is 1.17 bits per heavy atom. The standard InChI is InChI=1S/C15H14O3/c1-11-4-3-5-12(8-11)6-7-13-9-14(17-2)10-15(16)18-13/h3-10H,1-2H3/b7-6+. The van der Waals surface area contributed by atoms with Crippen molar-refractivity contribution < 1.29 is 9.15 Å². The molecule has 0 radical (unpaired) electrons. The van der Waals surface area contributed by atoms with Gasteiger partial charge < -0.3 is 9.15 Å². The summed E-state index contributed by atoms with van der Waals surface area (Å²) < 4.78 is 10.1. The van der Waals surface area contributed by atoms with E-state index in [1.807, 2.05) is 31.2 Å². The van der Waals surface area contributed by atoms with Crippen LogP contribution in [0.25, 0.3) is 12.2 Å². The van der Waals surface area contributed by atoms with Crippen molar-refractivity contribution in [1.82, 2.24) is 0 Å². The molecule has 2 aromatic rings. The molecule has 0 spiro atoms. The van der Waals surface area contributed by atoms with Crippen molar-refractivity contribution in [3.8, 4) is 5.75 Å². The Balaban J connectivity index is 2.28. The van der Waals surface area contributed by atoms with E-state index in [0.29, 0.717) is 11.5 Å². The second-order valence-corrected chi connectivity index (χ2v) is 3.97. The Hall–Kier alpha value is -2.29. The number of hydrogen-bond donors (Lipinski definition) is 0. The van der Waals surface area contributed by atoms with Crippen LogP contribution in [0.2, 0.25) is 0 Å². The highest BCUT2D eigenvalue weighted by Crippen LogP contribution is 2.13. The first kappa shape index (κ1) is 12.2. The lowest BCUT2D eigenvalue weighted by atomic mass is 10.1. The van der Waals surface area contributed by atoms with Gasteiger partial charge in [-0.2, -0.15) is 0 Å². The third kappa shape index (κ3) is 3.10. The molecule has 0 aliphatic heterocycles. The molecule has 0 aliphatic rings. The molecular weight excluding hydrogens is 228 g/mol. The molecule has 92 valence electrons. The molecule has 0 fully saturated rings. The lowest BCUT2D eigenvalue weighted by molar-refractivity contribution is 0.400. The Labute approximate surface area is 105 Å². The average Bonchev–Trinajstić information content (AvgIpc) is 2.36. The van der Waals surface area contributed by atoms with Gasteiger partial charge in [-0.1, -0.05) is 35.9 Å². The number of hydrogen-bond acceptors (Lipinski definition) is 3. The number of ether oxygens (including phenoxy) is 1. The smallest absolute Gasteiger partial charge is 0.339 e. The van der Waals surface area contributed by atoms with Crippen LogP contribution in [0, 0.1) is 6.92 Å². The van der Waals surface area contributed by atoms with Gasteiger partial charge >= 0.3 is 5.63 Å². The van der Waals surface area contributed by atoms with Crippen molar-refractivity contribution in [2.75, 3.05) is 7.11 Å². The summed E-state index contributed by atoms with van der Waals surface area (Å²) in [6.45, 7) is 2.03. The first-order valence-corrected chi connectivity index (χ1v) is 5.61. The van der Waals surface area contributed by atoms with Crippen molar-refractivity contribution >= 4 is 12.2 Å². The molecule has 18 heavy (non-hydrogen) atoms. The molecular formula is C15H14O3. The normalized spacial score (nSPS) is 10.8. The quantitative estimate of drug-likeness (QED) is 0.830. The Bertz CT molecular complexity index is 624. The van der Waals surface area contributed by atoms with Crippen LogP contribution in [0.15, 0.2) is 45.6 Å². The molecule has 1 heterocycles. The zero-order valence-electron chi connectivity index (χ0n) is 10.3. The number of aryl methyl sites for hydroxylation is 1. The fourth-order valence-electron chi connectivity index (χ4n) is 1.63. The summed E-state index contributed by atoms with van der Waals surface area (Å²) in [7, 11) is 1.52. The van der Waals surface area contributed by atoms with E-state index in [-0.39, 0.29) is 0 Å². The largest absolute Gasteiger partial charge is 0.496 e. The van der Waals surface area contributed by atoms with Crippen molar-refractivity contribution in [1.29, 1.82) is 0 Å². The van der Waals surface area contributed by atoms with E-state index in [9.17, 15) is 4.79 Å². The van der Waals surface area contributed by atoms with Crippen LogP contribution in [-0.4, -0.2) is 7.11 Å². The summed E-state index contributed by atoms with van der Waals surface area (Å²) in [6.07, 6.45) is 3.64. The zero-order chi connectivity index (χ0) is 13.0. The second-order valence-electron chi connectivity index (χ2n) is 3.97. The summed E-state index contributed by atoms with van der Waals surface area (Å²) in [4.78, 5) is 11.3. The van der Waals surface area contributed by atoms with Crippen LogP contribution in [-0.2, 0) is 0 Å². The first-order chi connectivity index (χ1) is 8.67. The maximum atomic E-state index is 11.3. The van der Waals surface area contributed by atoms with Gasteiger partial charge in [-0.15, -0.1) is 0 Å². The number of benzene rings is 1. The van der Waals surface area contributed by atoms with Gasteiger partial charge in [-0.05, 0) is 18.6 Å². The molecule has 0 unspecified atom stereocenters. The van der Waals surface area contributed by atoms with E-state index in [1.54, 1.807) is 12.1 Å². The van der Waals surface area contributed by atoms with Crippen molar-refractivity contribution in [3.05, 3.63) is 63.7 Å². The molecule has 0 saturated heterocycles. The molecule has 3 nitrogen and oxygen atoms in total. The van der Waals surface area contributed by atoms with Gasteiger partial charge in [0.15, 0.2) is 0 Å². The van der Waals surface area contributed by atoms with Crippen LogP contribution < -0.4 is 10.4 Å². The minimum absolute atomic E-state index is 0.418. The second kappa shape index (κ2) is 5.36. The predicted molar refractivity (Wildman–Crippen MR) is 71.6 cm³/mol. The highest BCUT2D eigenvalue weighted by molar-refractivity contribution is 5.67. The lowest BCUT2D eigenvalue weighted by Gasteiger charge is -1.99. The fraction of sp³-hybridized carbons (Fsp3) is 0.133. The van der Waals surface area contributed by atoms with Crippen LogP contribution in [0.5, 0.6) is 5.75 Å². The van der Waals surface area contributed by atoms with Gasteiger partial charge in [-0.25, -0.2) is 4.79 Å². The molecule has 0 N–H and O–H groups in total. The molecule has 2 rings (SSSR count). The van der Waals surface area contributed by atoms with Crippen molar-refractivity contribution in [2.45, 2.75) is 6.92 Å². The number of methoxy groups -OCH3 is 1. The van der Waals surface area contributed by atoms with Crippen LogP contribution >= 0.6 is 0 Å². The third-order valence-corrected chi connectivity index (χ3v) is 2.48. The Morgan fingerprint density at radius 3 is 2.72 bits per heavy atom. The Kier molecular flexibility index (Phi) is 3.63. The molecule has 0 saturated carbocycles. The predicted octanol–water partition coefficient (Wildman–Crippen LogP) is 3.13. The number of rotatable bonds is 3. The van der Waals surface area contributed by atoms with Gasteiger partial charge in [0.2, 0.25) is 0 Å². The van der Waals surface area contributed by atoms with E-state index in [4.69, 9.17) is 9.15 Å². The summed E-state index contributed by atoms with van der Waals surface area (Å²) in [6, 6.07) is 11.0. The van der Waals surface area contributed by atoms with Gasteiger partial charge in [0, 0.05) is 6.07 Å². The van der Waals surface area contributed by atoms with Crippen molar-refractivity contribution in [3.63, 3.8) is 0 Å². The van der Waals surface area contributed by atoms with E-state index < -0.39 is 5.63 Å². The molecule has 0 amide bonds. The van der Waals surface area contributed by atoms with Gasteiger partial charge in [-0.3, -0.25) is 0 Å². The first-order valence-electron chi connectivity index (χ1n) is 5.61. The van der Waals surface area contributed by atoms with Crippen molar-refractivity contribution in [2.24, 2.45) is 0 Å². The van der Waals surface area contributed by atoms with E-state index in [2.05, 4.69) is 6.07 Å². The summed E-state index contributed by atoms with van der Waals surface area (Å²) in [5.41, 5.74) is 1.82. The summed E-state index contributed by atoms with van der Waals surface area (Å²) in [5.74, 6) is 0.969. The molecule has 0 aliphatic carbocycles. The minimum atomic E-state index is -0.418. The summed E-state index contributed by atoms with van der Waals surface area (Å²) >= 11 is 0. The SMILES string of the molecule is COc1cc(/C=C/c2cccc(C)c2)oc(=O)c1. The van der Waals surface area contributed by atoms with Gasteiger partial charge in [0.25, 0.3) is 0 Å². The van der Waals surface area contributed by atoms with Crippen LogP contribution in [0.1, 0.15) is 16.9 Å². The van der Waals surface area contributed by atoms with Crippen LogP contribution in [0.4, 0.5) is 0 Å². The lowest BCUT2D eigenvalue weighted by Crippen LogP contribution is -1.98. The molecule has 0 atom stereocenters. The maximum Gasteiger partial charge on any atom is 0.339 e. The highest BCUT2D eigenvalue weighted by atomic mass is 16.5. The highest BCUT2D eigenvalue weighted by Gasteiger charge is 1.98. The van der Waals surface area contributed by atoms with Gasteiger partial charge in [0.05, 0.1) is 13.2 Å². The molecule has 1 aromatic heterocycles. The van der Waals surface area contributed by atoms with E-state index in [0.717, 1.165) is 5.56 Å². The minimum Gasteiger partial charge on any atom is -0.496 e. The summed E-state index contributed by atoms with van der Waals surface area (Å²) in [5, 5.41) is 0. The van der Waals surface area contributed by atoms with Crippen LogP contribution in [0.3, 0.4) is 0 Å².